The molecule has 1 unspecified atom stereocenters. The minimum Gasteiger partial charge on any atom is -0.328 e. The Morgan fingerprint density at radius 2 is 1.92 bits per heavy atom. The summed E-state index contributed by atoms with van der Waals surface area (Å²) in [5, 5.41) is 0.940. The molecule has 0 saturated heterocycles. The molecule has 1 atom stereocenters. The van der Waals surface area contributed by atoms with Gasteiger partial charge in [0.2, 0.25) is 0 Å². The van der Waals surface area contributed by atoms with Crippen LogP contribution in [0.1, 0.15) is 46.0 Å². The Labute approximate surface area is 86.8 Å². The zero-order chi connectivity index (χ0) is 9.68. The summed E-state index contributed by atoms with van der Waals surface area (Å²) in [5.41, 5.74) is 5.72. The van der Waals surface area contributed by atoms with E-state index in [9.17, 15) is 0 Å². The van der Waals surface area contributed by atoms with Gasteiger partial charge >= 0.3 is 0 Å². The molecule has 0 aliphatic heterocycles. The minimum absolute atomic E-state index is 0.384. The summed E-state index contributed by atoms with van der Waals surface area (Å²) in [6.45, 7) is 4.48. The van der Waals surface area contributed by atoms with Crippen molar-refractivity contribution in [3.63, 3.8) is 0 Å². The number of hydrogen-bond donors (Lipinski definition) is 1. The Hall–Kier alpha value is 0.310. The summed E-state index contributed by atoms with van der Waals surface area (Å²) >= 11 is 2.15. The fourth-order valence-electron chi connectivity index (χ4n) is 1.82. The molecule has 0 heterocycles. The van der Waals surface area contributed by atoms with Crippen molar-refractivity contribution < 1.29 is 0 Å². The van der Waals surface area contributed by atoms with Crippen LogP contribution in [0.2, 0.25) is 0 Å². The molecule has 0 amide bonds. The third-order valence-corrected chi connectivity index (χ3v) is 4.30. The molecule has 1 aliphatic rings. The number of thioether (sulfide) groups is 1. The van der Waals surface area contributed by atoms with Crippen LogP contribution in [0.5, 0.6) is 0 Å². The maximum Gasteiger partial charge on any atom is 0.00472 e. The molecule has 13 heavy (non-hydrogen) atoms. The van der Waals surface area contributed by atoms with E-state index >= 15 is 0 Å². The van der Waals surface area contributed by atoms with Crippen LogP contribution in [0.4, 0.5) is 0 Å². The lowest BCUT2D eigenvalue weighted by molar-refractivity contribution is 0.393. The normalized spacial score (nSPS) is 31.6. The Morgan fingerprint density at radius 1 is 1.31 bits per heavy atom. The first kappa shape index (κ1) is 11.4. The summed E-state index contributed by atoms with van der Waals surface area (Å²) in [4.78, 5) is 0. The largest absolute Gasteiger partial charge is 0.328 e. The van der Waals surface area contributed by atoms with Gasteiger partial charge in [-0.05, 0) is 50.7 Å². The summed E-state index contributed by atoms with van der Waals surface area (Å²) in [6, 6.07) is 0.384. The Kier molecular flexibility index (Phi) is 5.18. The molecular formula is C11H23NS. The lowest BCUT2D eigenvalue weighted by atomic mass is 9.91. The zero-order valence-corrected chi connectivity index (χ0v) is 9.78. The van der Waals surface area contributed by atoms with Crippen molar-refractivity contribution in [1.29, 1.82) is 0 Å². The van der Waals surface area contributed by atoms with E-state index in [2.05, 4.69) is 25.6 Å². The predicted molar refractivity (Wildman–Crippen MR) is 62.1 cm³/mol. The maximum atomic E-state index is 5.72. The zero-order valence-electron chi connectivity index (χ0n) is 8.96. The van der Waals surface area contributed by atoms with E-state index in [0.29, 0.717) is 6.04 Å². The predicted octanol–water partition coefficient (Wildman–Crippen LogP) is 3.04. The molecule has 1 rings (SSSR count). The van der Waals surface area contributed by atoms with Gasteiger partial charge in [-0.25, -0.2) is 0 Å². The summed E-state index contributed by atoms with van der Waals surface area (Å²) < 4.78 is 0. The first-order chi connectivity index (χ1) is 6.18. The molecule has 0 aromatic heterocycles. The molecule has 2 heteroatoms. The van der Waals surface area contributed by atoms with Crippen LogP contribution >= 0.6 is 11.8 Å². The smallest absolute Gasteiger partial charge is 0.00472 e. The van der Waals surface area contributed by atoms with Crippen LogP contribution in [0.15, 0.2) is 0 Å². The second kappa shape index (κ2) is 5.92. The van der Waals surface area contributed by atoms with Crippen LogP contribution < -0.4 is 5.73 Å². The second-order valence-electron chi connectivity index (χ2n) is 4.52. The Balaban J connectivity index is 2.02. The van der Waals surface area contributed by atoms with Crippen molar-refractivity contribution in [2.75, 3.05) is 5.75 Å². The summed E-state index contributed by atoms with van der Waals surface area (Å²) in [5.74, 6) is 2.24. The second-order valence-corrected chi connectivity index (χ2v) is 5.93. The van der Waals surface area contributed by atoms with E-state index in [4.69, 9.17) is 5.73 Å². The average molecular weight is 201 g/mol. The van der Waals surface area contributed by atoms with Crippen LogP contribution in [0, 0.1) is 5.92 Å². The van der Waals surface area contributed by atoms with Gasteiger partial charge in [-0.15, -0.1) is 0 Å². The number of hydrogen-bond acceptors (Lipinski definition) is 2. The van der Waals surface area contributed by atoms with Gasteiger partial charge in [-0.1, -0.05) is 6.92 Å². The standard InChI is InChI=1S/C11H23NS/c1-9-3-5-11(6-4-9)13-8-7-10(2)12/h9-11H,3-8,12H2,1-2H3. The van der Waals surface area contributed by atoms with Crippen LogP contribution in [0.25, 0.3) is 0 Å². The number of nitrogens with two attached hydrogens (primary N) is 1. The van der Waals surface area contributed by atoms with Gasteiger partial charge in [0.15, 0.2) is 0 Å². The van der Waals surface area contributed by atoms with Gasteiger partial charge in [-0.2, -0.15) is 11.8 Å². The van der Waals surface area contributed by atoms with E-state index in [1.165, 1.54) is 37.9 Å². The van der Waals surface area contributed by atoms with Crippen molar-refractivity contribution >= 4 is 11.8 Å². The van der Waals surface area contributed by atoms with Crippen LogP contribution in [0.3, 0.4) is 0 Å². The fraction of sp³-hybridized carbons (Fsp3) is 1.00. The quantitative estimate of drug-likeness (QED) is 0.756. The Bertz CT molecular complexity index is 128. The highest BCUT2D eigenvalue weighted by Crippen LogP contribution is 2.31. The van der Waals surface area contributed by atoms with Crippen molar-refractivity contribution in [3.05, 3.63) is 0 Å². The van der Waals surface area contributed by atoms with E-state index in [0.717, 1.165) is 11.2 Å². The highest BCUT2D eigenvalue weighted by molar-refractivity contribution is 7.99. The third-order valence-electron chi connectivity index (χ3n) is 2.89. The van der Waals surface area contributed by atoms with Gasteiger partial charge in [0.1, 0.15) is 0 Å². The van der Waals surface area contributed by atoms with Crippen LogP contribution in [-0.2, 0) is 0 Å². The van der Waals surface area contributed by atoms with Crippen molar-refractivity contribution in [2.24, 2.45) is 11.7 Å². The molecule has 1 fully saturated rings. The van der Waals surface area contributed by atoms with Crippen molar-refractivity contribution in [1.82, 2.24) is 0 Å². The summed E-state index contributed by atoms with van der Waals surface area (Å²) in [6.07, 6.45) is 6.93. The molecule has 1 saturated carbocycles. The lowest BCUT2D eigenvalue weighted by Crippen LogP contribution is -2.18. The molecule has 78 valence electrons. The van der Waals surface area contributed by atoms with Gasteiger partial charge in [0, 0.05) is 11.3 Å². The van der Waals surface area contributed by atoms with Crippen molar-refractivity contribution in [3.8, 4) is 0 Å². The van der Waals surface area contributed by atoms with E-state index in [-0.39, 0.29) is 0 Å². The lowest BCUT2D eigenvalue weighted by Gasteiger charge is -2.25. The van der Waals surface area contributed by atoms with Crippen LogP contribution in [-0.4, -0.2) is 17.0 Å². The SMILES string of the molecule is CC(N)CCSC1CCC(C)CC1. The highest BCUT2D eigenvalue weighted by atomic mass is 32.2. The average Bonchev–Trinajstić information content (AvgIpc) is 2.08. The van der Waals surface area contributed by atoms with Crippen molar-refractivity contribution in [2.45, 2.75) is 57.2 Å². The third kappa shape index (κ3) is 4.92. The maximum absolute atomic E-state index is 5.72. The first-order valence-electron chi connectivity index (χ1n) is 5.55. The molecule has 0 radical (unpaired) electrons. The molecule has 1 aliphatic carbocycles. The Morgan fingerprint density at radius 3 is 2.46 bits per heavy atom. The molecule has 0 spiro atoms. The van der Waals surface area contributed by atoms with Gasteiger partial charge in [0.25, 0.3) is 0 Å². The topological polar surface area (TPSA) is 26.0 Å². The summed E-state index contributed by atoms with van der Waals surface area (Å²) in [7, 11) is 0. The van der Waals surface area contributed by atoms with Gasteiger partial charge in [0.05, 0.1) is 0 Å². The molecule has 0 aromatic carbocycles. The molecule has 1 nitrogen and oxygen atoms in total. The molecular weight excluding hydrogens is 178 g/mol. The highest BCUT2D eigenvalue weighted by Gasteiger charge is 2.17. The van der Waals surface area contributed by atoms with Gasteiger partial charge < -0.3 is 5.73 Å². The van der Waals surface area contributed by atoms with E-state index in [1.807, 2.05) is 0 Å². The monoisotopic (exact) mass is 201 g/mol. The molecule has 0 bridgehead atoms. The van der Waals surface area contributed by atoms with E-state index < -0.39 is 0 Å². The molecule has 2 N–H and O–H groups in total. The van der Waals surface area contributed by atoms with E-state index in [1.54, 1.807) is 0 Å². The minimum atomic E-state index is 0.384. The number of rotatable bonds is 4. The molecule has 0 aromatic rings. The first-order valence-corrected chi connectivity index (χ1v) is 6.60. The fourth-order valence-corrected chi connectivity index (χ4v) is 3.26. The van der Waals surface area contributed by atoms with Gasteiger partial charge in [-0.3, -0.25) is 0 Å².